The first kappa shape index (κ1) is 95.1. The van der Waals surface area contributed by atoms with Gasteiger partial charge in [-0.25, -0.2) is 9.13 Å². The average molecular weight is 1420 g/mol. The third-order valence-electron chi connectivity index (χ3n) is 18.2. The van der Waals surface area contributed by atoms with Crippen molar-refractivity contribution in [2.24, 2.45) is 11.8 Å². The third-order valence-corrected chi connectivity index (χ3v) is 20.1. The molecule has 0 aliphatic heterocycles. The maximum atomic E-state index is 13.1. The predicted octanol–water partition coefficient (Wildman–Crippen LogP) is 23.1. The summed E-state index contributed by atoms with van der Waals surface area (Å²) in [7, 11) is -9.92. The summed E-state index contributed by atoms with van der Waals surface area (Å²) in [5, 5.41) is 10.6. The SMILES string of the molecule is CCCCCCCCCCCCCCCCCC(=O)OC[C@H](COP(=O)(O)OC[C@@H](O)COP(=O)(O)OC[C@@H](COC(=O)CCCCCCCCCCCC(C)C)OC(=O)CCCCCCCCCCCCCCCC)OC(=O)CCCCCCCCCCCCCCCC(C)C. The van der Waals surface area contributed by atoms with Gasteiger partial charge >= 0.3 is 39.5 Å². The van der Waals surface area contributed by atoms with E-state index in [-0.39, 0.29) is 25.7 Å². The van der Waals surface area contributed by atoms with Gasteiger partial charge in [0.15, 0.2) is 12.2 Å². The van der Waals surface area contributed by atoms with Crippen LogP contribution in [-0.2, 0) is 65.4 Å². The van der Waals surface area contributed by atoms with Crippen molar-refractivity contribution in [1.29, 1.82) is 0 Å². The fourth-order valence-corrected chi connectivity index (χ4v) is 13.6. The van der Waals surface area contributed by atoms with Gasteiger partial charge < -0.3 is 33.8 Å². The molecule has 97 heavy (non-hydrogen) atoms. The summed E-state index contributed by atoms with van der Waals surface area (Å²) >= 11 is 0. The molecule has 0 aromatic heterocycles. The molecule has 2 unspecified atom stereocenters. The summed E-state index contributed by atoms with van der Waals surface area (Å²) in [6.07, 6.45) is 58.1. The molecule has 0 rings (SSSR count). The molecule has 576 valence electrons. The topological polar surface area (TPSA) is 237 Å². The van der Waals surface area contributed by atoms with E-state index in [1.54, 1.807) is 0 Å². The summed E-state index contributed by atoms with van der Waals surface area (Å²) in [5.41, 5.74) is 0. The lowest BCUT2D eigenvalue weighted by Crippen LogP contribution is -2.30. The van der Waals surface area contributed by atoms with Crippen LogP contribution < -0.4 is 0 Å². The zero-order valence-electron chi connectivity index (χ0n) is 63.4. The Labute approximate surface area is 594 Å². The number of aliphatic hydroxyl groups is 1. The Balaban J connectivity index is 5.27. The van der Waals surface area contributed by atoms with E-state index in [0.29, 0.717) is 25.7 Å². The Bertz CT molecular complexity index is 1870. The molecule has 0 radical (unpaired) electrons. The minimum absolute atomic E-state index is 0.108. The first-order chi connectivity index (χ1) is 46.9. The average Bonchev–Trinajstić information content (AvgIpc) is 1.06. The van der Waals surface area contributed by atoms with Crippen LogP contribution in [0.15, 0.2) is 0 Å². The number of aliphatic hydroxyl groups excluding tert-OH is 1. The van der Waals surface area contributed by atoms with Crippen LogP contribution >= 0.6 is 15.6 Å². The van der Waals surface area contributed by atoms with Crippen LogP contribution in [0.1, 0.15) is 408 Å². The van der Waals surface area contributed by atoms with Gasteiger partial charge in [0, 0.05) is 25.7 Å². The maximum absolute atomic E-state index is 13.1. The zero-order valence-corrected chi connectivity index (χ0v) is 65.2. The van der Waals surface area contributed by atoms with Gasteiger partial charge in [-0.05, 0) is 37.5 Å². The fraction of sp³-hybridized carbons (Fsp3) is 0.949. The van der Waals surface area contributed by atoms with Gasteiger partial charge in [0.1, 0.15) is 19.3 Å². The number of hydrogen-bond acceptors (Lipinski definition) is 15. The summed E-state index contributed by atoms with van der Waals surface area (Å²) in [5.74, 6) is -0.579. The van der Waals surface area contributed by atoms with Crippen LogP contribution in [0.4, 0.5) is 0 Å². The van der Waals surface area contributed by atoms with Gasteiger partial charge in [-0.1, -0.05) is 356 Å². The highest BCUT2D eigenvalue weighted by Gasteiger charge is 2.30. The molecule has 0 amide bonds. The minimum atomic E-state index is -4.96. The van der Waals surface area contributed by atoms with Crippen molar-refractivity contribution in [2.75, 3.05) is 39.6 Å². The van der Waals surface area contributed by atoms with E-state index in [1.807, 2.05) is 0 Å². The second-order valence-corrected chi connectivity index (χ2v) is 32.0. The molecule has 0 fully saturated rings. The van der Waals surface area contributed by atoms with Gasteiger partial charge in [0.05, 0.1) is 26.4 Å². The van der Waals surface area contributed by atoms with Crippen LogP contribution in [-0.4, -0.2) is 96.7 Å². The van der Waals surface area contributed by atoms with Crippen LogP contribution in [0.5, 0.6) is 0 Å². The maximum Gasteiger partial charge on any atom is 0.472 e. The Morgan fingerprint density at radius 2 is 0.474 bits per heavy atom. The molecule has 19 heteroatoms. The molecule has 0 saturated heterocycles. The second kappa shape index (κ2) is 69.8. The Hall–Kier alpha value is -1.94. The molecule has 0 saturated carbocycles. The van der Waals surface area contributed by atoms with Gasteiger partial charge in [0.2, 0.25) is 0 Å². The number of esters is 4. The molecule has 0 heterocycles. The normalized spacial score (nSPS) is 14.0. The van der Waals surface area contributed by atoms with Crippen molar-refractivity contribution in [3.05, 3.63) is 0 Å². The highest BCUT2D eigenvalue weighted by molar-refractivity contribution is 7.47. The number of carbonyl (C=O) groups excluding carboxylic acids is 4. The van der Waals surface area contributed by atoms with E-state index in [0.717, 1.165) is 102 Å². The van der Waals surface area contributed by atoms with Gasteiger partial charge in [-0.15, -0.1) is 0 Å². The van der Waals surface area contributed by atoms with Crippen molar-refractivity contribution >= 4 is 39.5 Å². The van der Waals surface area contributed by atoms with E-state index in [4.69, 9.17) is 37.0 Å². The Morgan fingerprint density at radius 1 is 0.278 bits per heavy atom. The summed E-state index contributed by atoms with van der Waals surface area (Å²) in [4.78, 5) is 72.9. The third kappa shape index (κ3) is 72.2. The smallest absolute Gasteiger partial charge is 0.462 e. The van der Waals surface area contributed by atoms with Crippen LogP contribution in [0.3, 0.4) is 0 Å². The molecule has 0 aliphatic carbocycles. The number of phosphoric acid groups is 2. The fourth-order valence-electron chi connectivity index (χ4n) is 12.0. The quantitative estimate of drug-likeness (QED) is 0.0222. The van der Waals surface area contributed by atoms with Crippen molar-refractivity contribution in [3.63, 3.8) is 0 Å². The monoisotopic (exact) mass is 1420 g/mol. The number of phosphoric ester groups is 2. The van der Waals surface area contributed by atoms with Crippen LogP contribution in [0.25, 0.3) is 0 Å². The first-order valence-corrected chi connectivity index (χ1v) is 43.5. The first-order valence-electron chi connectivity index (χ1n) is 40.5. The lowest BCUT2D eigenvalue weighted by Gasteiger charge is -2.21. The van der Waals surface area contributed by atoms with Crippen LogP contribution in [0.2, 0.25) is 0 Å². The number of unbranched alkanes of at least 4 members (excludes halogenated alkanes) is 47. The van der Waals surface area contributed by atoms with Crippen LogP contribution in [0, 0.1) is 11.8 Å². The molecule has 5 atom stereocenters. The van der Waals surface area contributed by atoms with E-state index >= 15 is 0 Å². The van der Waals surface area contributed by atoms with E-state index in [1.165, 1.54) is 225 Å². The lowest BCUT2D eigenvalue weighted by molar-refractivity contribution is -0.161. The minimum Gasteiger partial charge on any atom is -0.462 e. The Kier molecular flexibility index (Phi) is 68.4. The highest BCUT2D eigenvalue weighted by atomic mass is 31.2. The number of rotatable bonds is 77. The summed E-state index contributed by atoms with van der Waals surface area (Å²) in [6, 6.07) is 0. The molecular weight excluding hydrogens is 1270 g/mol. The largest absolute Gasteiger partial charge is 0.472 e. The Morgan fingerprint density at radius 3 is 0.701 bits per heavy atom. The van der Waals surface area contributed by atoms with E-state index < -0.39 is 97.5 Å². The van der Waals surface area contributed by atoms with Crippen molar-refractivity contribution in [1.82, 2.24) is 0 Å². The molecule has 0 spiro atoms. The molecule has 3 N–H and O–H groups in total. The number of hydrogen-bond donors (Lipinski definition) is 3. The predicted molar refractivity (Wildman–Crippen MR) is 395 cm³/mol. The number of carbonyl (C=O) groups is 4. The second-order valence-electron chi connectivity index (χ2n) is 29.1. The molecule has 0 aromatic rings. The van der Waals surface area contributed by atoms with E-state index in [2.05, 4.69) is 41.5 Å². The molecular formula is C78H152O17P2. The summed E-state index contributed by atoms with van der Waals surface area (Å²) < 4.78 is 68.6. The van der Waals surface area contributed by atoms with Gasteiger partial charge in [-0.2, -0.15) is 0 Å². The standard InChI is InChI=1S/C78H152O17P2/c1-7-9-11-13-15-17-19-21-23-27-30-36-42-48-54-60-75(80)88-66-73(94-78(83)63-57-51-45-38-32-28-24-25-29-34-40-46-52-58-70(3)4)68-92-96(84,85)90-64-72(79)65-91-97(86,87)93-69-74(67-89-76(81)61-55-49-43-39-33-35-41-47-53-59-71(5)6)95-77(82)62-56-50-44-37-31-26-22-20-18-16-14-12-10-8-2/h70-74,79H,7-69H2,1-6H3,(H,84,85)(H,86,87)/t72-,73-,74-/m1/s1. The zero-order chi connectivity index (χ0) is 71.4. The molecule has 0 aromatic carbocycles. The molecule has 0 bridgehead atoms. The summed E-state index contributed by atoms with van der Waals surface area (Å²) in [6.45, 7) is 9.62. The van der Waals surface area contributed by atoms with Crippen molar-refractivity contribution < 1.29 is 80.2 Å². The molecule has 0 aliphatic rings. The number of ether oxygens (including phenoxy) is 4. The van der Waals surface area contributed by atoms with Gasteiger partial charge in [-0.3, -0.25) is 37.3 Å². The van der Waals surface area contributed by atoms with Gasteiger partial charge in [0.25, 0.3) is 0 Å². The molecule has 17 nitrogen and oxygen atoms in total. The van der Waals surface area contributed by atoms with Crippen molar-refractivity contribution in [2.45, 2.75) is 426 Å². The lowest BCUT2D eigenvalue weighted by atomic mass is 10.0. The van der Waals surface area contributed by atoms with E-state index in [9.17, 15) is 43.2 Å². The highest BCUT2D eigenvalue weighted by Crippen LogP contribution is 2.45. The van der Waals surface area contributed by atoms with Crippen molar-refractivity contribution in [3.8, 4) is 0 Å².